The predicted octanol–water partition coefficient (Wildman–Crippen LogP) is 3.43. The summed E-state index contributed by atoms with van der Waals surface area (Å²) in [6, 6.07) is 2.28. The third-order valence-electron chi connectivity index (χ3n) is 4.27. The van der Waals surface area contributed by atoms with Crippen molar-refractivity contribution in [2.75, 3.05) is 0 Å². The summed E-state index contributed by atoms with van der Waals surface area (Å²) in [7, 11) is 0. The molecule has 0 radical (unpaired) electrons. The van der Waals surface area contributed by atoms with Crippen molar-refractivity contribution >= 4 is 17.2 Å². The molecular formula is C16H21N3O2S. The van der Waals surface area contributed by atoms with Gasteiger partial charge in [-0.15, -0.1) is 0 Å². The van der Waals surface area contributed by atoms with Gasteiger partial charge in [0.15, 0.2) is 0 Å². The lowest BCUT2D eigenvalue weighted by Crippen LogP contribution is -2.41. The summed E-state index contributed by atoms with van der Waals surface area (Å²) in [6.07, 6.45) is 5.68. The van der Waals surface area contributed by atoms with Crippen LogP contribution in [-0.2, 0) is 11.2 Å². The van der Waals surface area contributed by atoms with Crippen LogP contribution < -0.4 is 5.32 Å². The SMILES string of the molecule is C[C@@H]1CCCC[C@@H]1NC(=O)CCc1nc(-c2ccsc2)no1. The Hall–Kier alpha value is -1.69. The number of amides is 1. The number of aromatic nitrogens is 2. The van der Waals surface area contributed by atoms with Crippen LogP contribution in [0.25, 0.3) is 11.4 Å². The fourth-order valence-corrected chi connectivity index (χ4v) is 3.53. The lowest BCUT2D eigenvalue weighted by atomic mass is 9.86. The maximum Gasteiger partial charge on any atom is 0.227 e. The highest BCUT2D eigenvalue weighted by molar-refractivity contribution is 7.08. The van der Waals surface area contributed by atoms with Crippen molar-refractivity contribution in [2.45, 2.75) is 51.5 Å². The summed E-state index contributed by atoms with van der Waals surface area (Å²) in [6.45, 7) is 2.22. The molecule has 5 nitrogen and oxygen atoms in total. The van der Waals surface area contributed by atoms with E-state index in [1.54, 1.807) is 11.3 Å². The van der Waals surface area contributed by atoms with E-state index >= 15 is 0 Å². The Kier molecular flexibility index (Phi) is 4.87. The minimum Gasteiger partial charge on any atom is -0.353 e. The highest BCUT2D eigenvalue weighted by Crippen LogP contribution is 2.24. The van der Waals surface area contributed by atoms with Gasteiger partial charge in [-0.3, -0.25) is 4.79 Å². The number of carbonyl (C=O) groups is 1. The largest absolute Gasteiger partial charge is 0.353 e. The third kappa shape index (κ3) is 3.74. The maximum absolute atomic E-state index is 12.1. The number of carbonyl (C=O) groups excluding carboxylic acids is 1. The molecule has 1 N–H and O–H groups in total. The minimum absolute atomic E-state index is 0.0778. The van der Waals surface area contributed by atoms with Crippen molar-refractivity contribution in [3.05, 3.63) is 22.7 Å². The molecule has 118 valence electrons. The molecule has 0 spiro atoms. The molecule has 2 aromatic rings. The second-order valence-electron chi connectivity index (χ2n) is 5.96. The van der Waals surface area contributed by atoms with Crippen LogP contribution in [0.5, 0.6) is 0 Å². The van der Waals surface area contributed by atoms with Gasteiger partial charge < -0.3 is 9.84 Å². The van der Waals surface area contributed by atoms with Crippen LogP contribution in [0, 0.1) is 5.92 Å². The van der Waals surface area contributed by atoms with Crippen LogP contribution in [0.2, 0.25) is 0 Å². The van der Waals surface area contributed by atoms with Gasteiger partial charge >= 0.3 is 0 Å². The number of aryl methyl sites for hydroxylation is 1. The molecule has 3 rings (SSSR count). The van der Waals surface area contributed by atoms with Gasteiger partial charge in [-0.05, 0) is 30.2 Å². The van der Waals surface area contributed by atoms with Crippen LogP contribution in [0.4, 0.5) is 0 Å². The number of hydrogen-bond donors (Lipinski definition) is 1. The fourth-order valence-electron chi connectivity index (χ4n) is 2.90. The van der Waals surface area contributed by atoms with Gasteiger partial charge in [-0.1, -0.05) is 24.9 Å². The Morgan fingerprint density at radius 2 is 2.32 bits per heavy atom. The monoisotopic (exact) mass is 319 g/mol. The quantitative estimate of drug-likeness (QED) is 0.917. The Morgan fingerprint density at radius 3 is 3.09 bits per heavy atom. The molecule has 1 amide bonds. The van der Waals surface area contributed by atoms with E-state index in [9.17, 15) is 4.79 Å². The van der Waals surface area contributed by atoms with Gasteiger partial charge in [0.1, 0.15) is 0 Å². The molecule has 0 saturated heterocycles. The molecule has 1 aliphatic rings. The molecule has 6 heteroatoms. The molecule has 0 bridgehead atoms. The number of nitrogens with zero attached hydrogens (tertiary/aromatic N) is 2. The van der Waals surface area contributed by atoms with Crippen molar-refractivity contribution in [1.82, 2.24) is 15.5 Å². The Labute approximate surface area is 134 Å². The number of hydrogen-bond acceptors (Lipinski definition) is 5. The summed E-state index contributed by atoms with van der Waals surface area (Å²) in [4.78, 5) is 16.4. The molecule has 0 unspecified atom stereocenters. The average Bonchev–Trinajstić information content (AvgIpc) is 3.18. The Morgan fingerprint density at radius 1 is 1.45 bits per heavy atom. The van der Waals surface area contributed by atoms with E-state index < -0.39 is 0 Å². The first-order valence-electron chi connectivity index (χ1n) is 7.87. The smallest absolute Gasteiger partial charge is 0.227 e. The molecule has 1 fully saturated rings. The first-order valence-corrected chi connectivity index (χ1v) is 8.81. The second kappa shape index (κ2) is 7.05. The van der Waals surface area contributed by atoms with Crippen molar-refractivity contribution in [1.29, 1.82) is 0 Å². The molecule has 2 atom stereocenters. The zero-order chi connectivity index (χ0) is 15.4. The highest BCUT2D eigenvalue weighted by atomic mass is 32.1. The molecule has 2 aromatic heterocycles. The predicted molar refractivity (Wildman–Crippen MR) is 85.5 cm³/mol. The fraction of sp³-hybridized carbons (Fsp3) is 0.562. The minimum atomic E-state index is 0.0778. The van der Waals surface area contributed by atoms with Gasteiger partial charge in [-0.2, -0.15) is 16.3 Å². The standard InChI is InChI=1S/C16H21N3O2S/c1-11-4-2-3-5-13(11)17-14(20)6-7-15-18-16(19-21-15)12-8-9-22-10-12/h8-11,13H,2-7H2,1H3,(H,17,20)/t11-,13+/m1/s1. The number of nitrogens with one attached hydrogen (secondary N) is 1. The summed E-state index contributed by atoms with van der Waals surface area (Å²) in [5.74, 6) is 1.77. The lowest BCUT2D eigenvalue weighted by molar-refractivity contribution is -0.122. The zero-order valence-electron chi connectivity index (χ0n) is 12.7. The summed E-state index contributed by atoms with van der Waals surface area (Å²) < 4.78 is 5.21. The van der Waals surface area contributed by atoms with Gasteiger partial charge in [-0.25, -0.2) is 0 Å². The van der Waals surface area contributed by atoms with E-state index in [4.69, 9.17) is 4.52 Å². The van der Waals surface area contributed by atoms with E-state index in [2.05, 4.69) is 22.4 Å². The van der Waals surface area contributed by atoms with E-state index in [1.807, 2.05) is 16.8 Å². The Balaban J connectivity index is 1.49. The Bertz CT molecular complexity index is 609. The highest BCUT2D eigenvalue weighted by Gasteiger charge is 2.22. The van der Waals surface area contributed by atoms with Crippen molar-refractivity contribution in [2.24, 2.45) is 5.92 Å². The van der Waals surface area contributed by atoms with Crippen LogP contribution in [0.3, 0.4) is 0 Å². The molecule has 22 heavy (non-hydrogen) atoms. The van der Waals surface area contributed by atoms with E-state index in [1.165, 1.54) is 19.3 Å². The van der Waals surface area contributed by atoms with E-state index in [0.29, 0.717) is 36.5 Å². The molecule has 0 aliphatic heterocycles. The molecule has 1 saturated carbocycles. The van der Waals surface area contributed by atoms with Gasteiger partial charge in [0.25, 0.3) is 0 Å². The lowest BCUT2D eigenvalue weighted by Gasteiger charge is -2.29. The van der Waals surface area contributed by atoms with Gasteiger partial charge in [0, 0.05) is 29.8 Å². The average molecular weight is 319 g/mol. The van der Waals surface area contributed by atoms with Crippen LogP contribution in [0.1, 0.15) is 44.9 Å². The third-order valence-corrected chi connectivity index (χ3v) is 4.95. The normalized spacial score (nSPS) is 21.7. The molecule has 1 aliphatic carbocycles. The summed E-state index contributed by atoms with van der Waals surface area (Å²) in [5, 5.41) is 11.1. The van der Waals surface area contributed by atoms with Crippen LogP contribution >= 0.6 is 11.3 Å². The molecule has 2 heterocycles. The second-order valence-corrected chi connectivity index (χ2v) is 6.74. The van der Waals surface area contributed by atoms with Crippen LogP contribution in [-0.4, -0.2) is 22.1 Å². The van der Waals surface area contributed by atoms with Crippen LogP contribution in [0.15, 0.2) is 21.3 Å². The van der Waals surface area contributed by atoms with E-state index in [0.717, 1.165) is 12.0 Å². The first kappa shape index (κ1) is 15.2. The van der Waals surface area contributed by atoms with Gasteiger partial charge in [0.05, 0.1) is 0 Å². The molecular weight excluding hydrogens is 298 g/mol. The van der Waals surface area contributed by atoms with Crippen molar-refractivity contribution in [3.63, 3.8) is 0 Å². The van der Waals surface area contributed by atoms with Gasteiger partial charge in [0.2, 0.25) is 17.6 Å². The maximum atomic E-state index is 12.1. The topological polar surface area (TPSA) is 68.0 Å². The number of rotatable bonds is 5. The van der Waals surface area contributed by atoms with Crippen molar-refractivity contribution < 1.29 is 9.32 Å². The van der Waals surface area contributed by atoms with Crippen molar-refractivity contribution in [3.8, 4) is 11.4 Å². The molecule has 0 aromatic carbocycles. The summed E-state index contributed by atoms with van der Waals surface area (Å²) >= 11 is 1.60. The number of thiophene rings is 1. The summed E-state index contributed by atoms with van der Waals surface area (Å²) in [5.41, 5.74) is 0.959. The first-order chi connectivity index (χ1) is 10.7. The van der Waals surface area contributed by atoms with E-state index in [-0.39, 0.29) is 5.91 Å². The zero-order valence-corrected chi connectivity index (χ0v) is 13.6.